The quantitative estimate of drug-likeness (QED) is 0.688. The molecule has 2 heteroatoms. The summed E-state index contributed by atoms with van der Waals surface area (Å²) in [5, 5.41) is 1.50. The number of benzene rings is 1. The van der Waals surface area contributed by atoms with Crippen LogP contribution in [0.15, 0.2) is 36.0 Å². The molecule has 1 saturated heterocycles. The molecule has 1 saturated carbocycles. The van der Waals surface area contributed by atoms with E-state index in [-0.39, 0.29) is 11.2 Å². The number of carbonyl (C=O) groups is 1. The van der Waals surface area contributed by atoms with Crippen LogP contribution in [0.1, 0.15) is 22.3 Å². The number of hydrogen-bond donors (Lipinski definition) is 1. The molecule has 1 aromatic carbocycles. The third-order valence-electron chi connectivity index (χ3n) is 3.99. The van der Waals surface area contributed by atoms with Crippen LogP contribution in [0.25, 0.3) is 0 Å². The SMILES string of the molecule is [3H]N1CC2CC23C1=CC(=O)c1ccccc13. The molecule has 1 aliphatic heterocycles. The van der Waals surface area contributed by atoms with E-state index in [9.17, 15) is 4.79 Å². The average molecular weight is 199 g/mol. The van der Waals surface area contributed by atoms with Crippen molar-refractivity contribution in [2.75, 3.05) is 6.54 Å². The van der Waals surface area contributed by atoms with E-state index in [2.05, 4.69) is 6.07 Å². The Bertz CT molecular complexity index is 551. The van der Waals surface area contributed by atoms with Crippen molar-refractivity contribution in [2.45, 2.75) is 11.8 Å². The minimum atomic E-state index is 0.0201. The molecule has 74 valence electrons. The second-order valence-electron chi connectivity index (χ2n) is 4.65. The summed E-state index contributed by atoms with van der Waals surface area (Å²) in [6, 6.07) is 7.86. The molecule has 1 aromatic rings. The van der Waals surface area contributed by atoms with Crippen LogP contribution in [0.3, 0.4) is 0 Å². The fourth-order valence-electron chi connectivity index (χ4n) is 3.14. The highest BCUT2D eigenvalue weighted by molar-refractivity contribution is 6.08. The van der Waals surface area contributed by atoms with Crippen LogP contribution < -0.4 is 5.31 Å². The molecule has 1 heterocycles. The molecule has 1 spiro atoms. The average Bonchev–Trinajstić information content (AvgIpc) is 2.92. The number of carbonyl (C=O) groups excluding carboxylic acids is 1. The molecule has 2 nitrogen and oxygen atoms in total. The number of rotatable bonds is 0. The van der Waals surface area contributed by atoms with Gasteiger partial charge in [-0.25, -0.2) is 0 Å². The molecule has 2 unspecified atom stereocenters. The summed E-state index contributed by atoms with van der Waals surface area (Å²) < 4.78 is 7.86. The lowest BCUT2D eigenvalue weighted by Gasteiger charge is -2.23. The van der Waals surface area contributed by atoms with Crippen LogP contribution in [0, 0.1) is 5.92 Å². The van der Waals surface area contributed by atoms with E-state index in [1.54, 1.807) is 6.08 Å². The van der Waals surface area contributed by atoms with Gasteiger partial charge in [0.1, 0.15) is 0 Å². The maximum Gasteiger partial charge on any atom is 0.187 e. The second kappa shape index (κ2) is 2.16. The van der Waals surface area contributed by atoms with Crippen molar-refractivity contribution in [1.82, 2.24) is 5.31 Å². The standard InChI is InChI=1S/C13H11NO/c15-11-5-12-13(6-8(13)7-14-12)10-4-2-1-3-9(10)11/h1-5,8,14H,6-7H2/i/hT. The molecule has 4 rings (SSSR count). The number of fused-ring (bicyclic) bond motifs is 1. The highest BCUT2D eigenvalue weighted by Gasteiger charge is 2.63. The van der Waals surface area contributed by atoms with Crippen LogP contribution >= 0.6 is 0 Å². The van der Waals surface area contributed by atoms with Gasteiger partial charge in [0.15, 0.2) is 7.20 Å². The number of hydrogen-bond acceptors (Lipinski definition) is 2. The van der Waals surface area contributed by atoms with E-state index in [4.69, 9.17) is 1.41 Å². The third kappa shape index (κ3) is 0.717. The molecule has 15 heavy (non-hydrogen) atoms. The van der Waals surface area contributed by atoms with Crippen molar-refractivity contribution in [2.24, 2.45) is 5.92 Å². The summed E-state index contributed by atoms with van der Waals surface area (Å²) >= 11 is 0. The summed E-state index contributed by atoms with van der Waals surface area (Å²) in [4.78, 5) is 11.9. The van der Waals surface area contributed by atoms with Gasteiger partial charge in [-0.05, 0) is 17.9 Å². The van der Waals surface area contributed by atoms with E-state index < -0.39 is 0 Å². The maximum absolute atomic E-state index is 11.9. The third-order valence-corrected chi connectivity index (χ3v) is 3.99. The molecule has 1 N–H and O–H groups in total. The van der Waals surface area contributed by atoms with Crippen molar-refractivity contribution >= 4 is 5.78 Å². The van der Waals surface area contributed by atoms with Gasteiger partial charge in [-0.15, -0.1) is 0 Å². The summed E-state index contributed by atoms with van der Waals surface area (Å²) in [7, 11) is 0. The van der Waals surface area contributed by atoms with Crippen molar-refractivity contribution in [3.05, 3.63) is 47.2 Å². The Hall–Kier alpha value is -1.57. The molecule has 2 aliphatic carbocycles. The Balaban J connectivity index is 2.02. The zero-order valence-corrected chi connectivity index (χ0v) is 8.23. The van der Waals surface area contributed by atoms with Gasteiger partial charge in [0, 0.05) is 29.3 Å². The summed E-state index contributed by atoms with van der Waals surface area (Å²) in [5.41, 5.74) is 2.93. The zero-order valence-electron chi connectivity index (χ0n) is 9.23. The number of ketones is 1. The van der Waals surface area contributed by atoms with Gasteiger partial charge in [0.05, 0.1) is 0 Å². The first-order chi connectivity index (χ1) is 7.73. The molecular weight excluding hydrogens is 186 g/mol. The number of allylic oxidation sites excluding steroid dienone is 2. The number of piperidine rings is 1. The molecule has 0 aromatic heterocycles. The Labute approximate surface area is 89.5 Å². The van der Waals surface area contributed by atoms with E-state index in [0.29, 0.717) is 5.92 Å². The second-order valence-corrected chi connectivity index (χ2v) is 4.65. The van der Waals surface area contributed by atoms with Gasteiger partial charge in [-0.1, -0.05) is 24.3 Å². The molecule has 2 fully saturated rings. The smallest absolute Gasteiger partial charge is 0.187 e. The number of nitrogens with one attached hydrogen (secondary N) is 1. The maximum atomic E-state index is 11.9. The first-order valence-corrected chi connectivity index (χ1v) is 5.36. The summed E-state index contributed by atoms with van der Waals surface area (Å²) in [5.74, 6) is 0.603. The minimum Gasteiger partial charge on any atom is -0.387 e. The van der Waals surface area contributed by atoms with E-state index in [1.165, 1.54) is 5.31 Å². The van der Waals surface area contributed by atoms with Crippen LogP contribution in [-0.2, 0) is 5.41 Å². The van der Waals surface area contributed by atoms with Gasteiger partial charge >= 0.3 is 0 Å². The van der Waals surface area contributed by atoms with Crippen LogP contribution in [0.5, 0.6) is 0 Å². The summed E-state index contributed by atoms with van der Waals surface area (Å²) in [6.07, 6.45) is 2.78. The molecule has 0 amide bonds. The molecule has 0 radical (unpaired) electrons. The Kier molecular flexibility index (Phi) is 0.983. The van der Waals surface area contributed by atoms with Crippen molar-refractivity contribution in [3.63, 3.8) is 0 Å². The topological polar surface area (TPSA) is 29.1 Å². The van der Waals surface area contributed by atoms with E-state index >= 15 is 0 Å². The van der Waals surface area contributed by atoms with Crippen molar-refractivity contribution in [3.8, 4) is 0 Å². The summed E-state index contributed by atoms with van der Waals surface area (Å²) in [6.45, 7) is 0.771. The first kappa shape index (κ1) is 6.83. The molecular formula is C13H11NO. The van der Waals surface area contributed by atoms with Crippen molar-refractivity contribution < 1.29 is 6.21 Å². The van der Waals surface area contributed by atoms with E-state index in [0.717, 1.165) is 29.8 Å². The van der Waals surface area contributed by atoms with Gasteiger partial charge in [0.25, 0.3) is 0 Å². The molecule has 2 atom stereocenters. The van der Waals surface area contributed by atoms with Crippen LogP contribution in [-0.4, -0.2) is 12.3 Å². The first-order valence-electron chi connectivity index (χ1n) is 5.80. The van der Waals surface area contributed by atoms with Crippen molar-refractivity contribution in [1.29, 1.82) is 0 Å². The Morgan fingerprint density at radius 3 is 3.27 bits per heavy atom. The monoisotopic (exact) mass is 199 g/mol. The fourth-order valence-corrected chi connectivity index (χ4v) is 3.14. The highest BCUT2D eigenvalue weighted by Crippen LogP contribution is 2.63. The Morgan fingerprint density at radius 1 is 1.47 bits per heavy atom. The van der Waals surface area contributed by atoms with Crippen LogP contribution in [0.4, 0.5) is 0 Å². The van der Waals surface area contributed by atoms with Crippen LogP contribution in [0.2, 0.25) is 1.41 Å². The van der Waals surface area contributed by atoms with Gasteiger partial charge in [-0.3, -0.25) is 4.79 Å². The largest absolute Gasteiger partial charge is 0.387 e. The minimum absolute atomic E-state index is 0.0201. The lowest BCUT2D eigenvalue weighted by molar-refractivity contribution is 0.104. The highest BCUT2D eigenvalue weighted by atomic mass is 16.1. The van der Waals surface area contributed by atoms with E-state index in [1.807, 2.05) is 18.2 Å². The van der Waals surface area contributed by atoms with Gasteiger partial charge < -0.3 is 5.31 Å². The zero-order chi connectivity index (χ0) is 10.9. The van der Waals surface area contributed by atoms with Gasteiger partial charge in [0.2, 0.25) is 0 Å². The predicted octanol–water partition coefficient (Wildman–Crippen LogP) is 1.63. The molecule has 0 bridgehead atoms. The predicted molar refractivity (Wildman–Crippen MR) is 56.6 cm³/mol. The lowest BCUT2D eigenvalue weighted by Crippen LogP contribution is -2.24. The molecule has 3 aliphatic rings. The lowest BCUT2D eigenvalue weighted by atomic mass is 9.82. The fraction of sp³-hybridized carbons (Fsp3) is 0.308. The Morgan fingerprint density at radius 2 is 2.33 bits per heavy atom. The normalized spacial score (nSPS) is 36.4. The van der Waals surface area contributed by atoms with Gasteiger partial charge in [-0.2, -0.15) is 0 Å².